The van der Waals surface area contributed by atoms with Crippen molar-refractivity contribution >= 4 is 5.91 Å². The van der Waals surface area contributed by atoms with Crippen LogP contribution in [-0.2, 0) is 11.3 Å². The molecule has 0 aromatic carbocycles. The van der Waals surface area contributed by atoms with Crippen molar-refractivity contribution in [1.82, 2.24) is 29.9 Å². The Morgan fingerprint density at radius 1 is 1.38 bits per heavy atom. The molecule has 21 heavy (non-hydrogen) atoms. The summed E-state index contributed by atoms with van der Waals surface area (Å²) in [6.45, 7) is 9.31. The molecular formula is C14H22N6O. The van der Waals surface area contributed by atoms with E-state index in [9.17, 15) is 4.79 Å². The molecule has 0 spiro atoms. The van der Waals surface area contributed by atoms with Gasteiger partial charge in [-0.2, -0.15) is 10.2 Å². The second-order valence-electron chi connectivity index (χ2n) is 5.51. The lowest BCUT2D eigenvalue weighted by Gasteiger charge is -2.16. The zero-order chi connectivity index (χ0) is 15.4. The summed E-state index contributed by atoms with van der Waals surface area (Å²) in [4.78, 5) is 15.9. The first-order valence-electron chi connectivity index (χ1n) is 7.10. The van der Waals surface area contributed by atoms with Crippen LogP contribution in [0.4, 0.5) is 0 Å². The number of amides is 1. The molecule has 7 heteroatoms. The lowest BCUT2D eigenvalue weighted by molar-refractivity contribution is -0.124. The number of aryl methyl sites for hydroxylation is 2. The normalized spacial score (nSPS) is 13.9. The average molecular weight is 290 g/mol. The zero-order valence-electron chi connectivity index (χ0n) is 12.9. The molecule has 0 bridgehead atoms. The van der Waals surface area contributed by atoms with E-state index in [0.717, 1.165) is 17.9 Å². The Kier molecular flexibility index (Phi) is 4.72. The fourth-order valence-corrected chi connectivity index (χ4v) is 2.18. The van der Waals surface area contributed by atoms with Gasteiger partial charge in [0.05, 0.1) is 5.69 Å². The molecule has 2 heterocycles. The van der Waals surface area contributed by atoms with Crippen LogP contribution in [0.15, 0.2) is 18.7 Å². The molecule has 0 fully saturated rings. The zero-order valence-corrected chi connectivity index (χ0v) is 12.9. The molecule has 0 unspecified atom stereocenters. The van der Waals surface area contributed by atoms with E-state index in [4.69, 9.17) is 0 Å². The van der Waals surface area contributed by atoms with Crippen molar-refractivity contribution in [2.75, 3.05) is 6.54 Å². The van der Waals surface area contributed by atoms with Crippen LogP contribution in [0.3, 0.4) is 0 Å². The monoisotopic (exact) mass is 290 g/mol. The van der Waals surface area contributed by atoms with Gasteiger partial charge in [-0.15, -0.1) is 0 Å². The summed E-state index contributed by atoms with van der Waals surface area (Å²) < 4.78 is 3.52. The predicted molar refractivity (Wildman–Crippen MR) is 78.6 cm³/mol. The SMILES string of the molecule is Cc1cc(C)n(C[C@H](C)CNC(=O)[C@H](C)n2cncn2)n1. The first kappa shape index (κ1) is 15.2. The van der Waals surface area contributed by atoms with Crippen LogP contribution in [0, 0.1) is 19.8 Å². The van der Waals surface area contributed by atoms with Crippen LogP contribution in [0.25, 0.3) is 0 Å². The highest BCUT2D eigenvalue weighted by atomic mass is 16.2. The summed E-state index contributed by atoms with van der Waals surface area (Å²) in [5, 5.41) is 11.4. The van der Waals surface area contributed by atoms with Crippen molar-refractivity contribution in [1.29, 1.82) is 0 Å². The highest BCUT2D eigenvalue weighted by Gasteiger charge is 2.16. The van der Waals surface area contributed by atoms with E-state index in [1.165, 1.54) is 6.33 Å². The lowest BCUT2D eigenvalue weighted by atomic mass is 10.1. The Morgan fingerprint density at radius 2 is 2.14 bits per heavy atom. The van der Waals surface area contributed by atoms with E-state index in [1.807, 2.05) is 18.5 Å². The smallest absolute Gasteiger partial charge is 0.244 e. The second-order valence-corrected chi connectivity index (χ2v) is 5.51. The number of hydrogen-bond donors (Lipinski definition) is 1. The van der Waals surface area contributed by atoms with Gasteiger partial charge in [-0.3, -0.25) is 9.48 Å². The van der Waals surface area contributed by atoms with E-state index in [1.54, 1.807) is 17.9 Å². The number of carbonyl (C=O) groups is 1. The second kappa shape index (κ2) is 6.51. The summed E-state index contributed by atoms with van der Waals surface area (Å²) in [6.07, 6.45) is 2.97. The van der Waals surface area contributed by atoms with Gasteiger partial charge in [0.1, 0.15) is 18.7 Å². The van der Waals surface area contributed by atoms with E-state index < -0.39 is 0 Å². The number of nitrogens with zero attached hydrogens (tertiary/aromatic N) is 5. The Balaban J connectivity index is 1.82. The molecule has 0 radical (unpaired) electrons. The van der Waals surface area contributed by atoms with Gasteiger partial charge in [-0.1, -0.05) is 6.92 Å². The van der Waals surface area contributed by atoms with Crippen LogP contribution in [0.1, 0.15) is 31.3 Å². The van der Waals surface area contributed by atoms with Crippen molar-refractivity contribution in [3.05, 3.63) is 30.1 Å². The third-order valence-electron chi connectivity index (χ3n) is 3.43. The minimum atomic E-state index is -0.353. The molecule has 0 aliphatic rings. The lowest BCUT2D eigenvalue weighted by Crippen LogP contribution is -2.35. The quantitative estimate of drug-likeness (QED) is 0.864. The molecule has 7 nitrogen and oxygen atoms in total. The molecule has 114 valence electrons. The summed E-state index contributed by atoms with van der Waals surface area (Å²) in [5.74, 6) is 0.246. The number of aromatic nitrogens is 5. The van der Waals surface area contributed by atoms with Crippen molar-refractivity contribution in [3.63, 3.8) is 0 Å². The van der Waals surface area contributed by atoms with E-state index in [-0.39, 0.29) is 11.9 Å². The third-order valence-corrected chi connectivity index (χ3v) is 3.43. The maximum atomic E-state index is 12.0. The van der Waals surface area contributed by atoms with E-state index >= 15 is 0 Å². The van der Waals surface area contributed by atoms with Gasteiger partial charge in [-0.05, 0) is 32.8 Å². The van der Waals surface area contributed by atoms with Gasteiger partial charge in [0.15, 0.2) is 0 Å². The third kappa shape index (κ3) is 3.90. The highest BCUT2D eigenvalue weighted by Crippen LogP contribution is 2.07. The van der Waals surface area contributed by atoms with E-state index in [0.29, 0.717) is 12.5 Å². The number of nitrogens with one attached hydrogen (secondary N) is 1. The summed E-state index contributed by atoms with van der Waals surface area (Å²) in [7, 11) is 0. The van der Waals surface area contributed by atoms with Gasteiger partial charge in [0, 0.05) is 18.8 Å². The molecule has 2 atom stereocenters. The van der Waals surface area contributed by atoms with Crippen molar-refractivity contribution in [2.24, 2.45) is 5.92 Å². The number of hydrogen-bond acceptors (Lipinski definition) is 4. The molecule has 0 aliphatic heterocycles. The van der Waals surface area contributed by atoms with Gasteiger partial charge in [-0.25, -0.2) is 9.67 Å². The number of carbonyl (C=O) groups excluding carboxylic acids is 1. The topological polar surface area (TPSA) is 77.6 Å². The first-order valence-corrected chi connectivity index (χ1v) is 7.10. The molecular weight excluding hydrogens is 268 g/mol. The van der Waals surface area contributed by atoms with Crippen LogP contribution < -0.4 is 5.32 Å². The highest BCUT2D eigenvalue weighted by molar-refractivity contribution is 5.79. The summed E-state index contributed by atoms with van der Waals surface area (Å²) >= 11 is 0. The largest absolute Gasteiger partial charge is 0.354 e. The van der Waals surface area contributed by atoms with Crippen LogP contribution in [0.5, 0.6) is 0 Å². The molecule has 2 rings (SSSR count). The van der Waals surface area contributed by atoms with Crippen molar-refractivity contribution < 1.29 is 4.79 Å². The molecule has 0 saturated carbocycles. The molecule has 2 aromatic heterocycles. The molecule has 2 aromatic rings. The van der Waals surface area contributed by atoms with Crippen LogP contribution in [0.2, 0.25) is 0 Å². The van der Waals surface area contributed by atoms with Crippen molar-refractivity contribution in [2.45, 2.75) is 40.3 Å². The molecule has 0 saturated heterocycles. The Morgan fingerprint density at radius 3 is 2.71 bits per heavy atom. The van der Waals surface area contributed by atoms with Crippen LogP contribution in [-0.4, -0.2) is 37.0 Å². The molecule has 1 N–H and O–H groups in total. The van der Waals surface area contributed by atoms with Gasteiger partial charge in [0.2, 0.25) is 5.91 Å². The van der Waals surface area contributed by atoms with Crippen LogP contribution >= 0.6 is 0 Å². The van der Waals surface area contributed by atoms with Gasteiger partial charge < -0.3 is 5.32 Å². The Hall–Kier alpha value is -2.18. The van der Waals surface area contributed by atoms with Crippen molar-refractivity contribution in [3.8, 4) is 0 Å². The standard InChI is InChI=1S/C14H22N6O/c1-10(7-19-12(3)5-11(2)18-19)6-16-14(21)13(4)20-9-15-8-17-20/h5,8-10,13H,6-7H2,1-4H3,(H,16,21)/t10-,13+/m1/s1. The first-order chi connectivity index (χ1) is 9.97. The van der Waals surface area contributed by atoms with Gasteiger partial charge in [0.25, 0.3) is 0 Å². The fourth-order valence-electron chi connectivity index (χ4n) is 2.18. The van der Waals surface area contributed by atoms with Gasteiger partial charge >= 0.3 is 0 Å². The molecule has 1 amide bonds. The number of rotatable bonds is 6. The Bertz CT molecular complexity index is 589. The summed E-state index contributed by atoms with van der Waals surface area (Å²) in [6, 6.07) is 1.70. The average Bonchev–Trinajstić information content (AvgIpc) is 3.06. The minimum absolute atomic E-state index is 0.0549. The fraction of sp³-hybridized carbons (Fsp3) is 0.571. The van der Waals surface area contributed by atoms with E-state index in [2.05, 4.69) is 33.5 Å². The maximum absolute atomic E-state index is 12.0. The molecule has 0 aliphatic carbocycles. The summed E-state index contributed by atoms with van der Waals surface area (Å²) in [5.41, 5.74) is 2.16. The minimum Gasteiger partial charge on any atom is -0.354 e. The predicted octanol–water partition coefficient (Wildman–Crippen LogP) is 1.10. The maximum Gasteiger partial charge on any atom is 0.244 e. The Labute approximate surface area is 124 Å².